The average molecular weight is 480 g/mol. The van der Waals surface area contributed by atoms with Crippen LogP contribution >= 0.6 is 34.8 Å². The van der Waals surface area contributed by atoms with E-state index in [0.717, 1.165) is 16.8 Å². The van der Waals surface area contributed by atoms with Crippen molar-refractivity contribution in [3.8, 4) is 0 Å². The number of rotatable bonds is 7. The van der Waals surface area contributed by atoms with Crippen molar-refractivity contribution in [2.45, 2.75) is 0 Å². The molecule has 0 bridgehead atoms. The largest absolute Gasteiger partial charge is 0.271 e. The maximum absolute atomic E-state index is 12.2. The lowest BCUT2D eigenvalue weighted by atomic mass is 10.2. The number of anilines is 1. The quantitative estimate of drug-likeness (QED) is 0.370. The minimum atomic E-state index is -3.84. The SMILES string of the molecule is CS(=O)(=O)N(CC(=O)N/N=C\c1cc([N+](=O)[O-])ccc1Cl)c1cc(Cl)cc(Cl)c1. The van der Waals surface area contributed by atoms with Crippen molar-refractivity contribution in [1.82, 2.24) is 5.43 Å². The van der Waals surface area contributed by atoms with E-state index in [-0.39, 0.29) is 32.0 Å². The average Bonchev–Trinajstić information content (AvgIpc) is 2.59. The van der Waals surface area contributed by atoms with E-state index in [4.69, 9.17) is 34.8 Å². The number of sulfonamides is 1. The minimum absolute atomic E-state index is 0.103. The zero-order chi connectivity index (χ0) is 21.8. The summed E-state index contributed by atoms with van der Waals surface area (Å²) in [5, 5.41) is 15.0. The fraction of sp³-hybridized carbons (Fsp3) is 0.125. The molecule has 0 saturated carbocycles. The van der Waals surface area contributed by atoms with Gasteiger partial charge in [-0.05, 0) is 24.3 Å². The van der Waals surface area contributed by atoms with Crippen LogP contribution in [0.15, 0.2) is 41.5 Å². The number of non-ortho nitro benzene ring substituents is 1. The summed E-state index contributed by atoms with van der Waals surface area (Å²) in [6.45, 7) is -0.602. The van der Waals surface area contributed by atoms with Gasteiger partial charge in [0.1, 0.15) is 6.54 Å². The first kappa shape index (κ1) is 22.9. The predicted molar refractivity (Wildman–Crippen MR) is 112 cm³/mol. The van der Waals surface area contributed by atoms with Crippen molar-refractivity contribution in [2.75, 3.05) is 17.1 Å². The van der Waals surface area contributed by atoms with Crippen LogP contribution in [0.2, 0.25) is 15.1 Å². The van der Waals surface area contributed by atoms with Gasteiger partial charge >= 0.3 is 0 Å². The van der Waals surface area contributed by atoms with Crippen LogP contribution in [-0.2, 0) is 14.8 Å². The summed E-state index contributed by atoms with van der Waals surface area (Å²) in [5.74, 6) is -0.774. The Labute approximate surface area is 181 Å². The number of nitro groups is 1. The van der Waals surface area contributed by atoms with E-state index in [0.29, 0.717) is 0 Å². The number of carbonyl (C=O) groups is 1. The van der Waals surface area contributed by atoms with Gasteiger partial charge in [-0.25, -0.2) is 13.8 Å². The molecule has 0 fully saturated rings. The van der Waals surface area contributed by atoms with Crippen molar-refractivity contribution >= 4 is 68.3 Å². The molecule has 0 heterocycles. The number of nitro benzene ring substituents is 1. The molecule has 0 spiro atoms. The maximum atomic E-state index is 12.2. The number of nitrogens with one attached hydrogen (secondary N) is 1. The highest BCUT2D eigenvalue weighted by molar-refractivity contribution is 7.92. The molecule has 29 heavy (non-hydrogen) atoms. The van der Waals surface area contributed by atoms with Crippen molar-refractivity contribution < 1.29 is 18.1 Å². The van der Waals surface area contributed by atoms with Gasteiger partial charge in [-0.15, -0.1) is 0 Å². The number of halogens is 3. The molecule has 0 aromatic heterocycles. The molecular formula is C16H13Cl3N4O5S. The van der Waals surface area contributed by atoms with Crippen LogP contribution in [0, 0.1) is 10.1 Å². The Morgan fingerprint density at radius 1 is 1.21 bits per heavy atom. The van der Waals surface area contributed by atoms with Gasteiger partial charge in [0.2, 0.25) is 10.0 Å². The molecule has 0 radical (unpaired) electrons. The first-order valence-corrected chi connectivity index (χ1v) is 10.7. The number of hydrogen-bond donors (Lipinski definition) is 1. The standard InChI is InChI=1S/C16H13Cl3N4O5S/c1-29(27,28)22(14-6-11(17)5-12(18)7-14)9-16(24)21-20-8-10-4-13(23(25)26)2-3-15(10)19/h2-8H,9H2,1H3,(H,21,24)/b20-8-. The molecule has 2 rings (SSSR count). The number of benzene rings is 2. The maximum Gasteiger partial charge on any atom is 0.270 e. The Morgan fingerprint density at radius 3 is 2.38 bits per heavy atom. The summed E-state index contributed by atoms with van der Waals surface area (Å²) in [7, 11) is -3.84. The normalized spacial score (nSPS) is 11.4. The third-order valence-corrected chi connectivity index (χ3v) is 5.33. The zero-order valence-corrected chi connectivity index (χ0v) is 17.8. The van der Waals surface area contributed by atoms with Gasteiger partial charge in [-0.2, -0.15) is 5.10 Å². The van der Waals surface area contributed by atoms with Gasteiger partial charge in [0.05, 0.1) is 23.1 Å². The van der Waals surface area contributed by atoms with Gasteiger partial charge in [0.15, 0.2) is 0 Å². The molecule has 2 aromatic rings. The summed E-state index contributed by atoms with van der Waals surface area (Å²) >= 11 is 17.7. The Balaban J connectivity index is 2.16. The molecular weight excluding hydrogens is 467 g/mol. The zero-order valence-electron chi connectivity index (χ0n) is 14.7. The van der Waals surface area contributed by atoms with Crippen LogP contribution in [0.25, 0.3) is 0 Å². The second-order valence-electron chi connectivity index (χ2n) is 5.65. The van der Waals surface area contributed by atoms with Gasteiger partial charge in [0.25, 0.3) is 11.6 Å². The molecule has 9 nitrogen and oxygen atoms in total. The molecule has 0 aliphatic heterocycles. The van der Waals surface area contributed by atoms with Gasteiger partial charge in [-0.3, -0.25) is 19.2 Å². The second-order valence-corrected chi connectivity index (χ2v) is 8.84. The Kier molecular flexibility index (Phi) is 7.42. The molecule has 0 saturated heterocycles. The number of nitrogens with zero attached hydrogens (tertiary/aromatic N) is 3. The van der Waals surface area contributed by atoms with E-state index in [2.05, 4.69) is 10.5 Å². The highest BCUT2D eigenvalue weighted by atomic mass is 35.5. The summed E-state index contributed by atoms with van der Waals surface area (Å²) in [5.41, 5.74) is 2.23. The highest BCUT2D eigenvalue weighted by Gasteiger charge is 2.21. The predicted octanol–water partition coefficient (Wildman–Crippen LogP) is 3.47. The monoisotopic (exact) mass is 478 g/mol. The summed E-state index contributed by atoms with van der Waals surface area (Å²) in [6.07, 6.45) is 2.02. The molecule has 1 amide bonds. The number of hydrazone groups is 1. The van der Waals surface area contributed by atoms with Crippen LogP contribution in [0.1, 0.15) is 5.56 Å². The number of carbonyl (C=O) groups excluding carboxylic acids is 1. The third kappa shape index (κ3) is 6.57. The molecule has 0 unspecified atom stereocenters. The van der Waals surface area contributed by atoms with Gasteiger partial charge in [0, 0.05) is 32.8 Å². The van der Waals surface area contributed by atoms with Crippen molar-refractivity contribution in [3.05, 3.63) is 67.1 Å². The summed E-state index contributed by atoms with van der Waals surface area (Å²) in [4.78, 5) is 22.4. The second kappa shape index (κ2) is 9.40. The third-order valence-electron chi connectivity index (χ3n) is 3.41. The minimum Gasteiger partial charge on any atom is -0.271 e. The van der Waals surface area contributed by atoms with Crippen molar-refractivity contribution in [3.63, 3.8) is 0 Å². The fourth-order valence-corrected chi connectivity index (χ4v) is 3.69. The van der Waals surface area contributed by atoms with Crippen molar-refractivity contribution in [2.24, 2.45) is 5.10 Å². The molecule has 1 N–H and O–H groups in total. The highest BCUT2D eigenvalue weighted by Crippen LogP contribution is 2.27. The van der Waals surface area contributed by atoms with Crippen LogP contribution in [0.5, 0.6) is 0 Å². The van der Waals surface area contributed by atoms with Crippen molar-refractivity contribution in [1.29, 1.82) is 0 Å². The van der Waals surface area contributed by atoms with Crippen LogP contribution < -0.4 is 9.73 Å². The molecule has 0 atom stereocenters. The lowest BCUT2D eigenvalue weighted by molar-refractivity contribution is -0.384. The lowest BCUT2D eigenvalue weighted by Gasteiger charge is -2.21. The number of hydrogen-bond acceptors (Lipinski definition) is 6. The first-order valence-electron chi connectivity index (χ1n) is 7.67. The Bertz CT molecular complexity index is 1070. The first-order chi connectivity index (χ1) is 13.5. The van der Waals surface area contributed by atoms with E-state index >= 15 is 0 Å². The molecule has 13 heteroatoms. The van der Waals surface area contributed by atoms with E-state index < -0.39 is 27.4 Å². The van der Waals surface area contributed by atoms with E-state index in [9.17, 15) is 23.3 Å². The van der Waals surface area contributed by atoms with Crippen LogP contribution in [0.4, 0.5) is 11.4 Å². The molecule has 0 aliphatic rings. The van der Waals surface area contributed by atoms with E-state index in [1.165, 1.54) is 36.4 Å². The van der Waals surface area contributed by atoms with Crippen LogP contribution in [0.3, 0.4) is 0 Å². The summed E-state index contributed by atoms with van der Waals surface area (Å²) < 4.78 is 24.9. The van der Waals surface area contributed by atoms with Gasteiger partial charge < -0.3 is 0 Å². The fourth-order valence-electron chi connectivity index (χ4n) is 2.17. The Hall–Kier alpha value is -2.40. The topological polar surface area (TPSA) is 122 Å². The van der Waals surface area contributed by atoms with Crippen LogP contribution in [-0.4, -0.2) is 38.3 Å². The van der Waals surface area contributed by atoms with E-state index in [1.807, 2.05) is 0 Å². The molecule has 0 aliphatic carbocycles. The van der Waals surface area contributed by atoms with E-state index in [1.54, 1.807) is 0 Å². The van der Waals surface area contributed by atoms with Gasteiger partial charge in [-0.1, -0.05) is 34.8 Å². The molecule has 154 valence electrons. The smallest absolute Gasteiger partial charge is 0.270 e. The summed E-state index contributed by atoms with van der Waals surface area (Å²) in [6, 6.07) is 7.81. The Morgan fingerprint density at radius 2 is 1.83 bits per heavy atom. The molecule has 2 aromatic carbocycles. The number of amides is 1. The lowest BCUT2D eigenvalue weighted by Crippen LogP contribution is -2.39.